The maximum absolute atomic E-state index is 5.73. The first-order chi connectivity index (χ1) is 4.27. The van der Waals surface area contributed by atoms with E-state index in [9.17, 15) is 0 Å². The molecule has 1 rings (SSSR count). The molecule has 1 heterocycles. The Bertz CT molecular complexity index is 93.8. The predicted octanol–water partition coefficient (Wildman–Crippen LogP) is 1.72. The molecule has 0 aliphatic carbocycles. The molecule has 0 spiro atoms. The molecule has 1 fully saturated rings. The number of hydrogen-bond acceptors (Lipinski definition) is 3. The quantitative estimate of drug-likeness (QED) is 0.564. The van der Waals surface area contributed by atoms with Crippen molar-refractivity contribution in [1.82, 2.24) is 0 Å². The summed E-state index contributed by atoms with van der Waals surface area (Å²) < 4.78 is 15.0. The van der Waals surface area contributed by atoms with E-state index in [-0.39, 0.29) is 0 Å². The van der Waals surface area contributed by atoms with Gasteiger partial charge in [-0.3, -0.25) is 0 Å². The summed E-state index contributed by atoms with van der Waals surface area (Å²) in [7, 11) is -1.13. The van der Waals surface area contributed by atoms with E-state index >= 15 is 0 Å². The molecule has 0 radical (unpaired) electrons. The van der Waals surface area contributed by atoms with Crippen LogP contribution in [0.3, 0.4) is 0 Å². The number of hydrogen-bond donors (Lipinski definition) is 0. The first-order valence-corrected chi connectivity index (χ1v) is 5.52. The molecule has 0 atom stereocenters. The first-order valence-electron chi connectivity index (χ1n) is 2.79. The van der Waals surface area contributed by atoms with Gasteiger partial charge in [0.2, 0.25) is 0 Å². The van der Waals surface area contributed by atoms with Gasteiger partial charge in [0.25, 0.3) is 0 Å². The van der Waals surface area contributed by atoms with E-state index in [1.807, 2.05) is 0 Å². The van der Waals surface area contributed by atoms with Crippen LogP contribution in [0.1, 0.15) is 6.42 Å². The van der Waals surface area contributed by atoms with E-state index in [0.29, 0.717) is 13.2 Å². The molecule has 0 saturated carbocycles. The second-order valence-corrected chi connectivity index (χ2v) is 5.07. The van der Waals surface area contributed by atoms with Crippen LogP contribution in [0.15, 0.2) is 0 Å². The zero-order valence-corrected chi connectivity index (χ0v) is 6.98. The van der Waals surface area contributed by atoms with Crippen LogP contribution < -0.4 is 0 Å². The molecule has 0 bridgehead atoms. The summed E-state index contributed by atoms with van der Waals surface area (Å²) in [5.41, 5.74) is 0. The van der Waals surface area contributed by atoms with Gasteiger partial charge in [0.1, 0.15) is 0 Å². The van der Waals surface area contributed by atoms with E-state index < -0.39 is 7.30 Å². The van der Waals surface area contributed by atoms with Gasteiger partial charge in [-0.05, 0) is 0 Å². The van der Waals surface area contributed by atoms with Crippen molar-refractivity contribution in [3.63, 3.8) is 0 Å². The van der Waals surface area contributed by atoms with Crippen LogP contribution in [-0.2, 0) is 13.6 Å². The van der Waals surface area contributed by atoms with Gasteiger partial charge < -0.3 is 0 Å². The Kier molecular flexibility index (Phi) is 2.68. The molecule has 1 aliphatic heterocycles. The first kappa shape index (κ1) is 7.70. The monoisotopic (exact) mass is 172 g/mol. The molecule has 3 nitrogen and oxygen atoms in total. The molecule has 0 unspecified atom stereocenters. The van der Waals surface area contributed by atoms with Crippen molar-refractivity contribution in [3.05, 3.63) is 0 Å². The van der Waals surface area contributed by atoms with E-state index in [0.717, 1.165) is 6.42 Å². The summed E-state index contributed by atoms with van der Waals surface area (Å²) in [4.78, 5) is 0. The van der Waals surface area contributed by atoms with Crippen molar-refractivity contribution in [2.24, 2.45) is 0 Å². The van der Waals surface area contributed by atoms with Gasteiger partial charge in [-0.2, -0.15) is 0 Å². The number of halogens is 1. The van der Waals surface area contributed by atoms with Gasteiger partial charge >= 0.3 is 58.9 Å². The third kappa shape index (κ3) is 2.03. The van der Waals surface area contributed by atoms with E-state index in [2.05, 4.69) is 0 Å². The van der Waals surface area contributed by atoms with Crippen LogP contribution in [0.4, 0.5) is 0 Å². The van der Waals surface area contributed by atoms with Crippen molar-refractivity contribution >= 4 is 18.5 Å². The summed E-state index contributed by atoms with van der Waals surface area (Å²) in [6, 6.07) is 0. The maximum atomic E-state index is 5.73. The van der Waals surface area contributed by atoms with E-state index in [1.165, 1.54) is 7.11 Å². The Morgan fingerprint density at radius 3 is 2.33 bits per heavy atom. The van der Waals surface area contributed by atoms with Gasteiger partial charge in [0.05, 0.1) is 0 Å². The van der Waals surface area contributed by atoms with Crippen molar-refractivity contribution in [2.45, 2.75) is 6.42 Å². The summed E-state index contributed by atoms with van der Waals surface area (Å²) >= 11 is 5.73. The van der Waals surface area contributed by atoms with E-state index in [1.54, 1.807) is 0 Å². The average Bonchev–Trinajstić information content (AvgIpc) is 1.90. The van der Waals surface area contributed by atoms with Crippen molar-refractivity contribution in [2.75, 3.05) is 20.3 Å². The molecule has 1 saturated heterocycles. The molecule has 0 aromatic rings. The Balaban J connectivity index is 2.37. The van der Waals surface area contributed by atoms with Gasteiger partial charge in [0.15, 0.2) is 0 Å². The fourth-order valence-corrected chi connectivity index (χ4v) is 2.16. The zero-order chi connectivity index (χ0) is 6.74. The van der Waals surface area contributed by atoms with Crippen LogP contribution in [-0.4, -0.2) is 20.3 Å². The third-order valence-electron chi connectivity index (χ3n) is 1.08. The van der Waals surface area contributed by atoms with Crippen molar-refractivity contribution < 1.29 is 13.6 Å². The topological polar surface area (TPSA) is 27.7 Å². The summed E-state index contributed by atoms with van der Waals surface area (Å²) in [5.74, 6) is 0. The predicted molar refractivity (Wildman–Crippen MR) is 37.7 cm³/mol. The van der Waals surface area contributed by atoms with Gasteiger partial charge in [-0.15, -0.1) is 0 Å². The minimum absolute atomic E-state index is 0.656. The molecule has 56 valence electrons. The third-order valence-corrected chi connectivity index (χ3v) is 3.78. The van der Waals surface area contributed by atoms with E-state index in [4.69, 9.17) is 24.8 Å². The fraction of sp³-hybridized carbons (Fsp3) is 1.00. The zero-order valence-electron chi connectivity index (χ0n) is 5.22. The van der Waals surface area contributed by atoms with Crippen molar-refractivity contribution in [1.29, 1.82) is 0 Å². The molecular formula is C4H10ClO3P. The Hall–Kier alpha value is 0.600. The molecular weight excluding hydrogens is 162 g/mol. The molecule has 0 amide bonds. The van der Waals surface area contributed by atoms with Gasteiger partial charge in [-0.1, -0.05) is 0 Å². The SMILES string of the molecule is CO[PH]1(Cl)OCCCO1. The van der Waals surface area contributed by atoms with Crippen LogP contribution >= 0.6 is 18.5 Å². The number of rotatable bonds is 1. The molecule has 5 heteroatoms. The Labute approximate surface area is 59.6 Å². The van der Waals surface area contributed by atoms with Crippen molar-refractivity contribution in [3.8, 4) is 0 Å². The van der Waals surface area contributed by atoms with Crippen LogP contribution in [0.5, 0.6) is 0 Å². The minimum atomic E-state index is -2.64. The van der Waals surface area contributed by atoms with Gasteiger partial charge in [0, 0.05) is 0 Å². The van der Waals surface area contributed by atoms with Crippen LogP contribution in [0.2, 0.25) is 0 Å². The molecule has 0 N–H and O–H groups in total. The Morgan fingerprint density at radius 1 is 1.44 bits per heavy atom. The molecule has 1 aliphatic rings. The summed E-state index contributed by atoms with van der Waals surface area (Å²) in [6.45, 7) is 1.31. The molecule has 0 aromatic heterocycles. The molecule has 9 heavy (non-hydrogen) atoms. The average molecular weight is 173 g/mol. The second-order valence-electron chi connectivity index (χ2n) is 1.74. The van der Waals surface area contributed by atoms with Gasteiger partial charge in [-0.25, -0.2) is 0 Å². The normalized spacial score (nSPS) is 29.6. The fourth-order valence-electron chi connectivity index (χ4n) is 0.607. The second kappa shape index (κ2) is 3.13. The molecule has 0 aromatic carbocycles. The summed E-state index contributed by atoms with van der Waals surface area (Å²) in [5, 5.41) is 0. The van der Waals surface area contributed by atoms with Crippen LogP contribution in [0.25, 0.3) is 0 Å². The Morgan fingerprint density at radius 2 is 2.00 bits per heavy atom. The van der Waals surface area contributed by atoms with Crippen LogP contribution in [0, 0.1) is 0 Å². The summed E-state index contributed by atoms with van der Waals surface area (Å²) in [6.07, 6.45) is 0.908. The standard InChI is InChI=1S/C4H10ClO3P/c1-6-9(5)7-3-2-4-8-9/h9H,2-4H2,1H3.